The van der Waals surface area contributed by atoms with Crippen LogP contribution in [0.25, 0.3) is 0 Å². The standard InChI is InChI=1S/C8H7Cl3O2.C8H9ClO2/c9-5-3-7(11)8(4-6(5)10)13-2-1-12;1-8(9,10)11-7-5-3-2-4-6-7/h3-4,12H,1-2H2;2-6,10H,1H3. The van der Waals surface area contributed by atoms with Gasteiger partial charge in [-0.15, -0.1) is 0 Å². The summed E-state index contributed by atoms with van der Waals surface area (Å²) in [7, 11) is 0. The van der Waals surface area contributed by atoms with Crippen LogP contribution in [0.2, 0.25) is 15.1 Å². The van der Waals surface area contributed by atoms with Crippen LogP contribution in [0.5, 0.6) is 11.5 Å². The van der Waals surface area contributed by atoms with E-state index in [-0.39, 0.29) is 13.2 Å². The van der Waals surface area contributed by atoms with E-state index < -0.39 is 5.25 Å². The smallest absolute Gasteiger partial charge is 0.285 e. The van der Waals surface area contributed by atoms with Gasteiger partial charge in [-0.3, -0.25) is 0 Å². The molecule has 1 atom stereocenters. The van der Waals surface area contributed by atoms with E-state index in [0.717, 1.165) is 0 Å². The number of aliphatic hydroxyl groups excluding tert-OH is 1. The zero-order valence-corrected chi connectivity index (χ0v) is 15.7. The normalized spacial score (nSPS) is 12.6. The Morgan fingerprint density at radius 1 is 1.00 bits per heavy atom. The molecular formula is C16H16Cl4O4. The molecule has 2 aromatic carbocycles. The fourth-order valence-electron chi connectivity index (χ4n) is 1.47. The quantitative estimate of drug-likeness (QED) is 0.412. The summed E-state index contributed by atoms with van der Waals surface area (Å²) in [5, 5.41) is 17.0. The highest BCUT2D eigenvalue weighted by Gasteiger charge is 2.16. The summed E-state index contributed by atoms with van der Waals surface area (Å²) >= 11 is 22.6. The predicted octanol–water partition coefficient (Wildman–Crippen LogP) is 4.99. The van der Waals surface area contributed by atoms with E-state index >= 15 is 0 Å². The van der Waals surface area contributed by atoms with Gasteiger partial charge in [0.2, 0.25) is 0 Å². The minimum absolute atomic E-state index is 0.0728. The molecule has 0 radical (unpaired) electrons. The molecule has 0 fully saturated rings. The number of benzene rings is 2. The summed E-state index contributed by atoms with van der Waals surface area (Å²) in [6, 6.07) is 11.9. The van der Waals surface area contributed by atoms with Crippen molar-refractivity contribution in [1.29, 1.82) is 0 Å². The molecule has 0 amide bonds. The first-order valence-electron chi connectivity index (χ1n) is 6.76. The third kappa shape index (κ3) is 8.29. The van der Waals surface area contributed by atoms with Gasteiger partial charge < -0.3 is 19.7 Å². The van der Waals surface area contributed by atoms with Gasteiger partial charge in [0, 0.05) is 13.0 Å². The minimum Gasteiger partial charge on any atom is -0.490 e. The molecule has 0 aliphatic carbocycles. The van der Waals surface area contributed by atoms with Crippen molar-refractivity contribution in [3.05, 3.63) is 57.5 Å². The lowest BCUT2D eigenvalue weighted by atomic mass is 10.3. The summed E-state index contributed by atoms with van der Waals surface area (Å²) in [5.41, 5.74) is 0. The van der Waals surface area contributed by atoms with E-state index in [1.54, 1.807) is 24.3 Å². The van der Waals surface area contributed by atoms with E-state index in [1.807, 2.05) is 6.07 Å². The van der Waals surface area contributed by atoms with E-state index in [9.17, 15) is 0 Å². The van der Waals surface area contributed by atoms with Crippen LogP contribution in [0, 0.1) is 0 Å². The van der Waals surface area contributed by atoms with Crippen molar-refractivity contribution in [1.82, 2.24) is 0 Å². The Balaban J connectivity index is 0.000000243. The summed E-state index contributed by atoms with van der Waals surface area (Å²) in [6.45, 7) is 1.47. The van der Waals surface area contributed by atoms with E-state index in [1.165, 1.54) is 19.1 Å². The molecule has 1 unspecified atom stereocenters. The van der Waals surface area contributed by atoms with Crippen molar-refractivity contribution in [2.75, 3.05) is 13.2 Å². The minimum atomic E-state index is -1.62. The maximum atomic E-state index is 9.01. The Morgan fingerprint density at radius 3 is 2.12 bits per heavy atom. The monoisotopic (exact) mass is 412 g/mol. The van der Waals surface area contributed by atoms with Crippen molar-refractivity contribution in [3.8, 4) is 11.5 Å². The van der Waals surface area contributed by atoms with Crippen molar-refractivity contribution < 1.29 is 19.7 Å². The molecular weight excluding hydrogens is 398 g/mol. The van der Waals surface area contributed by atoms with Crippen LogP contribution >= 0.6 is 46.4 Å². The van der Waals surface area contributed by atoms with Crippen molar-refractivity contribution >= 4 is 46.4 Å². The fourth-order valence-corrected chi connectivity index (χ4v) is 2.15. The number of rotatable bonds is 5. The Bertz CT molecular complexity index is 630. The molecule has 24 heavy (non-hydrogen) atoms. The predicted molar refractivity (Wildman–Crippen MR) is 97.6 cm³/mol. The Hall–Kier alpha value is -0.880. The van der Waals surface area contributed by atoms with Gasteiger partial charge >= 0.3 is 0 Å². The maximum absolute atomic E-state index is 9.01. The second kappa shape index (κ2) is 10.2. The molecule has 0 aromatic heterocycles. The van der Waals surface area contributed by atoms with Crippen molar-refractivity contribution in [2.45, 2.75) is 12.2 Å². The highest BCUT2D eigenvalue weighted by molar-refractivity contribution is 6.43. The molecule has 4 nitrogen and oxygen atoms in total. The molecule has 8 heteroatoms. The van der Waals surface area contributed by atoms with Gasteiger partial charge in [-0.05, 0) is 29.8 Å². The van der Waals surface area contributed by atoms with Gasteiger partial charge in [0.25, 0.3) is 5.25 Å². The number of ether oxygens (including phenoxy) is 2. The third-order valence-corrected chi connectivity index (χ3v) is 3.47. The topological polar surface area (TPSA) is 58.9 Å². The second-order valence-corrected chi connectivity index (χ2v) is 6.48. The van der Waals surface area contributed by atoms with Crippen molar-refractivity contribution in [2.24, 2.45) is 0 Å². The molecule has 0 spiro atoms. The number of aliphatic hydroxyl groups is 2. The Kier molecular flexibility index (Phi) is 8.98. The second-order valence-electron chi connectivity index (χ2n) is 4.55. The van der Waals surface area contributed by atoms with Gasteiger partial charge in [-0.1, -0.05) is 53.0 Å². The molecule has 132 valence electrons. The van der Waals surface area contributed by atoms with Crippen LogP contribution in [0.15, 0.2) is 42.5 Å². The first kappa shape index (κ1) is 21.2. The molecule has 0 saturated carbocycles. The lowest BCUT2D eigenvalue weighted by molar-refractivity contribution is -0.0440. The largest absolute Gasteiger partial charge is 0.490 e. The number of alkyl halides is 1. The lowest BCUT2D eigenvalue weighted by Crippen LogP contribution is -2.23. The third-order valence-electron chi connectivity index (χ3n) is 2.37. The molecule has 0 aliphatic heterocycles. The van der Waals surface area contributed by atoms with Gasteiger partial charge in [0.1, 0.15) is 18.1 Å². The first-order valence-corrected chi connectivity index (χ1v) is 8.27. The Labute approximate surface area is 160 Å². The van der Waals surface area contributed by atoms with Crippen LogP contribution in [0.4, 0.5) is 0 Å². The first-order chi connectivity index (χ1) is 11.2. The lowest BCUT2D eigenvalue weighted by Gasteiger charge is -2.16. The van der Waals surface area contributed by atoms with Crippen LogP contribution in [-0.4, -0.2) is 28.7 Å². The number of halogens is 4. The van der Waals surface area contributed by atoms with Gasteiger partial charge in [-0.25, -0.2) is 0 Å². The SMILES string of the molecule is CC(O)(Cl)Oc1ccccc1.OCCOc1cc(Cl)c(Cl)cc1Cl. The van der Waals surface area contributed by atoms with Gasteiger partial charge in [-0.2, -0.15) is 0 Å². The molecule has 2 N–H and O–H groups in total. The van der Waals surface area contributed by atoms with Crippen molar-refractivity contribution in [3.63, 3.8) is 0 Å². The Morgan fingerprint density at radius 2 is 1.58 bits per heavy atom. The van der Waals surface area contributed by atoms with Crippen LogP contribution in [-0.2, 0) is 0 Å². The van der Waals surface area contributed by atoms with E-state index in [2.05, 4.69) is 0 Å². The summed E-state index contributed by atoms with van der Waals surface area (Å²) in [6.07, 6.45) is 0. The van der Waals surface area contributed by atoms with Gasteiger partial charge in [0.05, 0.1) is 21.7 Å². The number of hydrogen-bond acceptors (Lipinski definition) is 4. The maximum Gasteiger partial charge on any atom is 0.285 e. The average Bonchev–Trinajstić information content (AvgIpc) is 2.49. The molecule has 0 heterocycles. The number of hydrogen-bond donors (Lipinski definition) is 2. The van der Waals surface area contributed by atoms with Gasteiger partial charge in [0.15, 0.2) is 0 Å². The number of para-hydroxylation sites is 1. The molecule has 0 saturated heterocycles. The van der Waals surface area contributed by atoms with E-state index in [0.29, 0.717) is 26.6 Å². The fraction of sp³-hybridized carbons (Fsp3) is 0.250. The summed E-state index contributed by atoms with van der Waals surface area (Å²) < 4.78 is 10.0. The molecule has 2 aromatic rings. The van der Waals surface area contributed by atoms with Crippen LogP contribution in [0.1, 0.15) is 6.92 Å². The zero-order chi connectivity index (χ0) is 18.2. The van der Waals surface area contributed by atoms with Crippen LogP contribution in [0.3, 0.4) is 0 Å². The summed E-state index contributed by atoms with van der Waals surface area (Å²) in [5.74, 6) is 0.970. The highest BCUT2D eigenvalue weighted by Crippen LogP contribution is 2.33. The average molecular weight is 414 g/mol. The molecule has 0 bridgehead atoms. The molecule has 2 rings (SSSR count). The molecule has 0 aliphatic rings. The summed E-state index contributed by atoms with van der Waals surface area (Å²) in [4.78, 5) is 0. The highest BCUT2D eigenvalue weighted by atomic mass is 35.5. The zero-order valence-electron chi connectivity index (χ0n) is 12.7. The van der Waals surface area contributed by atoms with Crippen LogP contribution < -0.4 is 9.47 Å². The van der Waals surface area contributed by atoms with E-state index in [4.69, 9.17) is 66.1 Å².